The summed E-state index contributed by atoms with van der Waals surface area (Å²) in [5.74, 6) is -3.05. The minimum atomic E-state index is -1.04. The molecule has 2 amide bonds. The van der Waals surface area contributed by atoms with Crippen molar-refractivity contribution >= 4 is 17.5 Å². The topological polar surface area (TPSA) is 43.9 Å². The summed E-state index contributed by atoms with van der Waals surface area (Å²) in [7, 11) is 0. The number of halogens is 3. The first-order valence-corrected chi connectivity index (χ1v) is 12.2. The largest absolute Gasteiger partial charge is 0.338 e. The van der Waals surface area contributed by atoms with E-state index in [1.165, 1.54) is 11.0 Å². The van der Waals surface area contributed by atoms with Crippen LogP contribution in [0.3, 0.4) is 0 Å². The summed E-state index contributed by atoms with van der Waals surface area (Å²) in [5.41, 5.74) is 0.908. The minimum absolute atomic E-state index is 0.00497. The van der Waals surface area contributed by atoms with Gasteiger partial charge in [-0.3, -0.25) is 9.59 Å². The first-order chi connectivity index (χ1) is 16.7. The van der Waals surface area contributed by atoms with Gasteiger partial charge in [0.2, 0.25) is 11.8 Å². The van der Waals surface area contributed by atoms with Crippen molar-refractivity contribution in [2.24, 2.45) is 0 Å². The first kappa shape index (κ1) is 26.7. The van der Waals surface area contributed by atoms with E-state index in [9.17, 15) is 22.8 Å². The average molecular weight is 490 g/mol. The number of nitrogens with zero attached hydrogens (tertiary/aromatic N) is 3. The van der Waals surface area contributed by atoms with E-state index < -0.39 is 17.5 Å². The van der Waals surface area contributed by atoms with Gasteiger partial charge in [0.05, 0.1) is 12.1 Å². The number of hydrogen-bond donors (Lipinski definition) is 0. The number of carbonyl (C=O) groups is 2. The Balaban J connectivity index is 2.00. The molecule has 2 aromatic carbocycles. The Labute approximate surface area is 205 Å². The smallest absolute Gasteiger partial charge is 0.227 e. The van der Waals surface area contributed by atoms with Crippen molar-refractivity contribution in [3.63, 3.8) is 0 Å². The van der Waals surface area contributed by atoms with E-state index in [2.05, 4.69) is 18.7 Å². The molecule has 0 bridgehead atoms. The van der Waals surface area contributed by atoms with Crippen LogP contribution in [0.5, 0.6) is 0 Å². The lowest BCUT2D eigenvalue weighted by molar-refractivity contribution is -0.131. The molecule has 0 radical (unpaired) electrons. The monoisotopic (exact) mass is 489 g/mol. The van der Waals surface area contributed by atoms with Crippen molar-refractivity contribution in [2.45, 2.75) is 59.0 Å². The van der Waals surface area contributed by atoms with Gasteiger partial charge in [-0.2, -0.15) is 0 Å². The van der Waals surface area contributed by atoms with Crippen LogP contribution in [0, 0.1) is 17.5 Å². The van der Waals surface area contributed by atoms with Gasteiger partial charge in [-0.25, -0.2) is 13.2 Å². The lowest BCUT2D eigenvalue weighted by atomic mass is 10.1. The zero-order valence-electron chi connectivity index (χ0n) is 20.7. The predicted octanol–water partition coefficient (Wildman–Crippen LogP) is 4.92. The second kappa shape index (κ2) is 12.2. The quantitative estimate of drug-likeness (QED) is 0.612. The van der Waals surface area contributed by atoms with Gasteiger partial charge in [-0.1, -0.05) is 25.1 Å². The molecule has 0 saturated heterocycles. The molecule has 0 saturated carbocycles. The van der Waals surface area contributed by atoms with Gasteiger partial charge in [-0.15, -0.1) is 0 Å². The van der Waals surface area contributed by atoms with E-state index in [1.807, 2.05) is 0 Å². The molecular formula is C27H34F3N3O2. The van der Waals surface area contributed by atoms with Gasteiger partial charge in [0, 0.05) is 51.3 Å². The molecule has 0 aliphatic carbocycles. The van der Waals surface area contributed by atoms with Crippen LogP contribution in [0.2, 0.25) is 0 Å². The normalized spacial score (nSPS) is 16.0. The Morgan fingerprint density at radius 2 is 1.54 bits per heavy atom. The van der Waals surface area contributed by atoms with Gasteiger partial charge in [0.1, 0.15) is 5.82 Å². The van der Waals surface area contributed by atoms with Crippen LogP contribution in [0.25, 0.3) is 0 Å². The molecule has 0 unspecified atom stereocenters. The summed E-state index contributed by atoms with van der Waals surface area (Å²) < 4.78 is 42.9. The highest BCUT2D eigenvalue weighted by Gasteiger charge is 2.25. The molecule has 35 heavy (non-hydrogen) atoms. The molecule has 0 fully saturated rings. The number of anilines is 1. The van der Waals surface area contributed by atoms with Crippen LogP contribution in [0.4, 0.5) is 18.9 Å². The molecule has 1 heterocycles. The molecule has 1 aliphatic rings. The zero-order valence-corrected chi connectivity index (χ0v) is 20.7. The van der Waals surface area contributed by atoms with Crippen LogP contribution in [-0.4, -0.2) is 53.8 Å². The molecule has 8 heteroatoms. The van der Waals surface area contributed by atoms with Crippen molar-refractivity contribution in [2.75, 3.05) is 31.1 Å². The Morgan fingerprint density at radius 1 is 0.886 bits per heavy atom. The highest BCUT2D eigenvalue weighted by atomic mass is 19.2. The van der Waals surface area contributed by atoms with Gasteiger partial charge >= 0.3 is 0 Å². The second-order valence-electron chi connectivity index (χ2n) is 9.21. The number of hydrogen-bond acceptors (Lipinski definition) is 3. The van der Waals surface area contributed by atoms with Crippen molar-refractivity contribution in [3.8, 4) is 0 Å². The zero-order chi connectivity index (χ0) is 25.5. The van der Waals surface area contributed by atoms with Crippen molar-refractivity contribution < 1.29 is 22.8 Å². The standard InChI is InChI=1S/C27H34F3N3O2/c1-4-26(34)33-14-8-12-31(19(2)3)11-7-13-32(18-21-15-23(29)24(30)17-25(21)33)27(35)16-20-9-5-6-10-22(20)28/h5-6,9-10,15,17,19H,4,7-8,11-14,16,18H2,1-3H3. The maximum absolute atomic E-state index is 14.3. The summed E-state index contributed by atoms with van der Waals surface area (Å²) >= 11 is 0. The van der Waals surface area contributed by atoms with Crippen LogP contribution < -0.4 is 4.90 Å². The number of benzene rings is 2. The second-order valence-corrected chi connectivity index (χ2v) is 9.21. The minimum Gasteiger partial charge on any atom is -0.338 e. The van der Waals surface area contributed by atoms with E-state index >= 15 is 0 Å². The van der Waals surface area contributed by atoms with Gasteiger partial charge in [0.15, 0.2) is 11.6 Å². The van der Waals surface area contributed by atoms with Crippen LogP contribution in [0.1, 0.15) is 51.2 Å². The highest BCUT2D eigenvalue weighted by molar-refractivity contribution is 5.94. The fourth-order valence-electron chi connectivity index (χ4n) is 4.46. The lowest BCUT2D eigenvalue weighted by Gasteiger charge is -2.33. The van der Waals surface area contributed by atoms with Gasteiger partial charge in [-0.05, 0) is 49.9 Å². The van der Waals surface area contributed by atoms with E-state index in [0.29, 0.717) is 31.5 Å². The van der Waals surface area contributed by atoms with E-state index in [0.717, 1.165) is 25.2 Å². The van der Waals surface area contributed by atoms with E-state index in [-0.39, 0.29) is 48.5 Å². The van der Waals surface area contributed by atoms with Crippen molar-refractivity contribution in [1.29, 1.82) is 0 Å². The summed E-state index contributed by atoms with van der Waals surface area (Å²) in [6, 6.07) is 8.49. The number of fused-ring (bicyclic) bond motifs is 1. The van der Waals surface area contributed by atoms with Crippen LogP contribution >= 0.6 is 0 Å². The summed E-state index contributed by atoms with van der Waals surface area (Å²) in [6.45, 7) is 8.11. The lowest BCUT2D eigenvalue weighted by Crippen LogP contribution is -2.41. The molecule has 0 N–H and O–H groups in total. The van der Waals surface area contributed by atoms with Gasteiger partial charge in [0.25, 0.3) is 0 Å². The number of rotatable bonds is 4. The van der Waals surface area contributed by atoms with Crippen molar-refractivity contribution in [1.82, 2.24) is 9.80 Å². The Bertz CT molecular complexity index is 1040. The average Bonchev–Trinajstić information content (AvgIpc) is 2.82. The molecule has 3 rings (SSSR count). The predicted molar refractivity (Wildman–Crippen MR) is 130 cm³/mol. The van der Waals surface area contributed by atoms with E-state index in [4.69, 9.17) is 0 Å². The molecule has 5 nitrogen and oxygen atoms in total. The Kier molecular flexibility index (Phi) is 9.32. The maximum Gasteiger partial charge on any atom is 0.227 e. The molecule has 0 atom stereocenters. The third kappa shape index (κ3) is 6.84. The Morgan fingerprint density at radius 3 is 2.20 bits per heavy atom. The fraction of sp³-hybridized carbons (Fsp3) is 0.481. The van der Waals surface area contributed by atoms with Crippen LogP contribution in [0.15, 0.2) is 36.4 Å². The maximum atomic E-state index is 14.3. The van der Waals surface area contributed by atoms with Crippen molar-refractivity contribution in [3.05, 3.63) is 65.0 Å². The van der Waals surface area contributed by atoms with Gasteiger partial charge < -0.3 is 14.7 Å². The first-order valence-electron chi connectivity index (χ1n) is 12.2. The Hall–Kier alpha value is -2.87. The molecule has 2 aromatic rings. The highest BCUT2D eigenvalue weighted by Crippen LogP contribution is 2.28. The fourth-order valence-corrected chi connectivity index (χ4v) is 4.46. The van der Waals surface area contributed by atoms with Crippen LogP contribution in [-0.2, 0) is 22.6 Å². The summed E-state index contributed by atoms with van der Waals surface area (Å²) in [6.07, 6.45) is 1.43. The third-order valence-corrected chi connectivity index (χ3v) is 6.46. The number of carbonyl (C=O) groups excluding carboxylic acids is 2. The van der Waals surface area contributed by atoms with E-state index in [1.54, 1.807) is 30.0 Å². The number of amides is 2. The third-order valence-electron chi connectivity index (χ3n) is 6.46. The molecule has 0 aromatic heterocycles. The SMILES string of the molecule is CCC(=O)N1CCCN(C(C)C)CCCN(C(=O)Cc2ccccc2F)Cc2cc(F)c(F)cc21. The molecule has 0 spiro atoms. The molecule has 1 aliphatic heterocycles. The summed E-state index contributed by atoms with van der Waals surface area (Å²) in [4.78, 5) is 31.4. The molecular weight excluding hydrogens is 455 g/mol. The summed E-state index contributed by atoms with van der Waals surface area (Å²) in [5, 5.41) is 0. The molecule has 190 valence electrons.